The molecule has 0 bridgehead atoms. The van der Waals surface area contributed by atoms with E-state index < -0.39 is 0 Å². The lowest BCUT2D eigenvalue weighted by Crippen LogP contribution is -2.20. The molecule has 3 aromatic carbocycles. The molecule has 0 unspecified atom stereocenters. The molecule has 0 aliphatic carbocycles. The Morgan fingerprint density at radius 2 is 1.76 bits per heavy atom. The molecule has 6 rings (SSSR count). The van der Waals surface area contributed by atoms with Crippen LogP contribution >= 0.6 is 0 Å². The van der Waals surface area contributed by atoms with E-state index in [1.165, 1.54) is 4.68 Å². The molecule has 0 saturated carbocycles. The van der Waals surface area contributed by atoms with Crippen molar-refractivity contribution in [2.24, 2.45) is 5.10 Å². The maximum atomic E-state index is 13.4. The minimum atomic E-state index is -0.293. The van der Waals surface area contributed by atoms with Crippen LogP contribution in [0.15, 0.2) is 99.4 Å². The SMILES string of the molecule is N#CCn1cc(C=Nn2c(-c3cc4ccccc4o3)nc3ccccc3c2=O)c2ccccc21. The summed E-state index contributed by atoms with van der Waals surface area (Å²) in [5, 5.41) is 16.1. The van der Waals surface area contributed by atoms with E-state index in [-0.39, 0.29) is 12.1 Å². The minimum Gasteiger partial charge on any atom is -0.453 e. The van der Waals surface area contributed by atoms with Crippen LogP contribution in [-0.4, -0.2) is 20.4 Å². The Bertz CT molecular complexity index is 1800. The highest BCUT2D eigenvalue weighted by Crippen LogP contribution is 2.27. The quantitative estimate of drug-likeness (QED) is 0.352. The third-order valence-corrected chi connectivity index (χ3v) is 5.77. The van der Waals surface area contributed by atoms with Gasteiger partial charge in [-0.25, -0.2) is 4.98 Å². The predicted octanol–water partition coefficient (Wildman–Crippen LogP) is 5.17. The topological polar surface area (TPSA) is 89.1 Å². The third-order valence-electron chi connectivity index (χ3n) is 5.77. The first-order chi connectivity index (χ1) is 16.7. The Morgan fingerprint density at radius 3 is 2.62 bits per heavy atom. The Hall–Kier alpha value is -4.96. The Labute approximate surface area is 193 Å². The summed E-state index contributed by atoms with van der Waals surface area (Å²) in [6.45, 7) is 0.218. The van der Waals surface area contributed by atoms with Crippen LogP contribution in [0.3, 0.4) is 0 Å². The summed E-state index contributed by atoms with van der Waals surface area (Å²) in [4.78, 5) is 18.2. The van der Waals surface area contributed by atoms with Crippen LogP contribution in [0.4, 0.5) is 0 Å². The summed E-state index contributed by atoms with van der Waals surface area (Å²) in [7, 11) is 0. The summed E-state index contributed by atoms with van der Waals surface area (Å²) >= 11 is 0. The monoisotopic (exact) mass is 443 g/mol. The molecule has 0 fully saturated rings. The first kappa shape index (κ1) is 19.7. The number of para-hydroxylation sites is 3. The third kappa shape index (κ3) is 3.17. The van der Waals surface area contributed by atoms with Gasteiger partial charge in [-0.05, 0) is 30.3 Å². The second-order valence-corrected chi connectivity index (χ2v) is 7.85. The number of hydrogen-bond acceptors (Lipinski definition) is 5. The van der Waals surface area contributed by atoms with E-state index in [4.69, 9.17) is 9.40 Å². The largest absolute Gasteiger partial charge is 0.453 e. The van der Waals surface area contributed by atoms with Crippen LogP contribution < -0.4 is 5.56 Å². The maximum absolute atomic E-state index is 13.4. The first-order valence-corrected chi connectivity index (χ1v) is 10.7. The van der Waals surface area contributed by atoms with Crippen molar-refractivity contribution in [2.45, 2.75) is 6.54 Å². The highest BCUT2D eigenvalue weighted by molar-refractivity contribution is 5.99. The standard InChI is InChI=1S/C27H17N5O2/c28-13-14-31-17-19(20-8-3-5-11-23(20)31)16-29-32-26(25-15-18-7-1-6-12-24(18)34-25)30-22-10-4-2-9-21(22)27(32)33/h1-12,15-17H,14H2. The number of nitrogens with zero attached hydrogens (tertiary/aromatic N) is 5. The molecule has 0 N–H and O–H groups in total. The summed E-state index contributed by atoms with van der Waals surface area (Å²) in [6.07, 6.45) is 3.48. The van der Waals surface area contributed by atoms with Crippen LogP contribution in [0.1, 0.15) is 5.56 Å². The fraction of sp³-hybridized carbons (Fsp3) is 0.0370. The van der Waals surface area contributed by atoms with Gasteiger partial charge in [0.05, 0.1) is 23.2 Å². The van der Waals surface area contributed by atoms with Gasteiger partial charge >= 0.3 is 0 Å². The normalized spacial score (nSPS) is 11.6. The molecule has 0 atom stereocenters. The number of fused-ring (bicyclic) bond motifs is 3. The minimum absolute atomic E-state index is 0.218. The summed E-state index contributed by atoms with van der Waals surface area (Å²) in [5.41, 5.74) is 2.70. The number of aromatic nitrogens is 3. The number of benzene rings is 3. The molecule has 0 aliphatic heterocycles. The van der Waals surface area contributed by atoms with Crippen LogP contribution in [-0.2, 0) is 6.54 Å². The van der Waals surface area contributed by atoms with Crippen LogP contribution in [0.5, 0.6) is 0 Å². The van der Waals surface area contributed by atoms with Crippen LogP contribution in [0, 0.1) is 11.3 Å². The van der Waals surface area contributed by atoms with Gasteiger partial charge < -0.3 is 8.98 Å². The van der Waals surface area contributed by atoms with E-state index in [2.05, 4.69) is 11.2 Å². The molecule has 3 aromatic heterocycles. The molecular formula is C27H17N5O2. The van der Waals surface area contributed by atoms with Crippen molar-refractivity contribution < 1.29 is 4.42 Å². The van der Waals surface area contributed by atoms with Crippen molar-refractivity contribution in [3.63, 3.8) is 0 Å². The molecule has 162 valence electrons. The second-order valence-electron chi connectivity index (χ2n) is 7.85. The molecule has 7 heteroatoms. The molecule has 0 spiro atoms. The van der Waals surface area contributed by atoms with Crippen LogP contribution in [0.25, 0.3) is 44.4 Å². The molecule has 3 heterocycles. The highest BCUT2D eigenvalue weighted by Gasteiger charge is 2.16. The van der Waals surface area contributed by atoms with E-state index in [1.807, 2.05) is 71.4 Å². The zero-order valence-corrected chi connectivity index (χ0v) is 17.9. The fourth-order valence-corrected chi connectivity index (χ4v) is 4.19. The smallest absolute Gasteiger partial charge is 0.282 e. The van der Waals surface area contributed by atoms with Gasteiger partial charge in [0.15, 0.2) is 5.76 Å². The van der Waals surface area contributed by atoms with E-state index >= 15 is 0 Å². The Morgan fingerprint density at radius 1 is 1.00 bits per heavy atom. The van der Waals surface area contributed by atoms with Crippen molar-refractivity contribution in [2.75, 3.05) is 0 Å². The van der Waals surface area contributed by atoms with Crippen molar-refractivity contribution in [3.8, 4) is 17.7 Å². The molecule has 7 nitrogen and oxygen atoms in total. The Balaban J connectivity index is 1.57. The molecule has 0 saturated heterocycles. The molecule has 0 aliphatic rings. The molecule has 0 amide bonds. The number of nitriles is 1. The second kappa shape index (κ2) is 7.87. The van der Waals surface area contributed by atoms with Crippen LogP contribution in [0.2, 0.25) is 0 Å². The summed E-state index contributed by atoms with van der Waals surface area (Å²) in [6, 6.07) is 26.6. The predicted molar refractivity (Wildman–Crippen MR) is 132 cm³/mol. The fourth-order valence-electron chi connectivity index (χ4n) is 4.19. The zero-order valence-electron chi connectivity index (χ0n) is 17.9. The lowest BCUT2D eigenvalue weighted by atomic mass is 10.2. The first-order valence-electron chi connectivity index (χ1n) is 10.7. The van der Waals surface area contributed by atoms with Crippen molar-refractivity contribution in [3.05, 3.63) is 101 Å². The van der Waals surface area contributed by atoms with Crippen molar-refractivity contribution >= 4 is 39.0 Å². The van der Waals surface area contributed by atoms with Gasteiger partial charge in [-0.2, -0.15) is 15.0 Å². The summed E-state index contributed by atoms with van der Waals surface area (Å²) in [5.74, 6) is 0.769. The van der Waals surface area contributed by atoms with Crippen molar-refractivity contribution in [1.29, 1.82) is 5.26 Å². The van der Waals surface area contributed by atoms with Gasteiger partial charge in [-0.3, -0.25) is 4.79 Å². The number of furan rings is 1. The lowest BCUT2D eigenvalue weighted by molar-refractivity contribution is 0.616. The Kier molecular flexibility index (Phi) is 4.56. The van der Waals surface area contributed by atoms with Gasteiger partial charge in [0.1, 0.15) is 12.1 Å². The lowest BCUT2D eigenvalue weighted by Gasteiger charge is -2.07. The van der Waals surface area contributed by atoms with E-state index in [1.54, 1.807) is 24.4 Å². The van der Waals surface area contributed by atoms with Gasteiger partial charge in [0, 0.05) is 28.0 Å². The van der Waals surface area contributed by atoms with Crippen molar-refractivity contribution in [1.82, 2.24) is 14.2 Å². The molecular weight excluding hydrogens is 426 g/mol. The van der Waals surface area contributed by atoms with E-state index in [0.717, 1.165) is 21.9 Å². The van der Waals surface area contributed by atoms with E-state index in [0.29, 0.717) is 28.1 Å². The average Bonchev–Trinajstić information content (AvgIpc) is 3.45. The van der Waals surface area contributed by atoms with Gasteiger partial charge in [0.25, 0.3) is 5.56 Å². The highest BCUT2D eigenvalue weighted by atomic mass is 16.3. The van der Waals surface area contributed by atoms with E-state index in [9.17, 15) is 10.1 Å². The maximum Gasteiger partial charge on any atom is 0.282 e. The number of rotatable bonds is 4. The summed E-state index contributed by atoms with van der Waals surface area (Å²) < 4.78 is 9.15. The van der Waals surface area contributed by atoms with Gasteiger partial charge in [-0.1, -0.05) is 48.5 Å². The zero-order chi connectivity index (χ0) is 23.1. The molecule has 0 radical (unpaired) electrons. The average molecular weight is 443 g/mol. The molecule has 34 heavy (non-hydrogen) atoms. The van der Waals surface area contributed by atoms with Gasteiger partial charge in [0.2, 0.25) is 5.82 Å². The number of hydrogen-bond donors (Lipinski definition) is 0. The van der Waals surface area contributed by atoms with Gasteiger partial charge in [-0.15, -0.1) is 0 Å². The molecule has 6 aromatic rings.